The molecule has 2 saturated carbocycles. The SMILES string of the molecule is CN(CC1CC1)C(=O)C1(C#N)CCCCCC1. The van der Waals surface area contributed by atoms with Crippen molar-refractivity contribution in [1.82, 2.24) is 4.90 Å². The van der Waals surface area contributed by atoms with Crippen LogP contribution in [-0.4, -0.2) is 24.4 Å². The molecule has 0 aromatic rings. The fourth-order valence-electron chi connectivity index (χ4n) is 2.84. The summed E-state index contributed by atoms with van der Waals surface area (Å²) in [5.74, 6) is 0.777. The molecule has 0 saturated heterocycles. The van der Waals surface area contributed by atoms with Gasteiger partial charge in [0.25, 0.3) is 0 Å². The van der Waals surface area contributed by atoms with E-state index in [1.807, 2.05) is 11.9 Å². The number of hydrogen-bond donors (Lipinski definition) is 0. The quantitative estimate of drug-likeness (QED) is 0.705. The van der Waals surface area contributed by atoms with Crippen LogP contribution in [0.3, 0.4) is 0 Å². The van der Waals surface area contributed by atoms with E-state index in [-0.39, 0.29) is 5.91 Å². The van der Waals surface area contributed by atoms with E-state index >= 15 is 0 Å². The Labute approximate surface area is 104 Å². The van der Waals surface area contributed by atoms with Crippen LogP contribution in [0.4, 0.5) is 0 Å². The molecule has 0 N–H and O–H groups in total. The van der Waals surface area contributed by atoms with Gasteiger partial charge >= 0.3 is 0 Å². The number of carbonyl (C=O) groups excluding carboxylic acids is 1. The summed E-state index contributed by atoms with van der Waals surface area (Å²) in [6.45, 7) is 0.849. The number of nitrogens with zero attached hydrogens (tertiary/aromatic N) is 2. The molecule has 0 unspecified atom stereocenters. The standard InChI is InChI=1S/C14H22N2O/c1-16(10-12-6-7-12)13(17)14(11-15)8-4-2-3-5-9-14/h12H,2-10H2,1H3. The highest BCUT2D eigenvalue weighted by molar-refractivity contribution is 5.85. The molecule has 2 rings (SSSR count). The van der Waals surface area contributed by atoms with E-state index in [9.17, 15) is 10.1 Å². The van der Waals surface area contributed by atoms with E-state index in [1.54, 1.807) is 0 Å². The number of nitriles is 1. The fraction of sp³-hybridized carbons (Fsp3) is 0.857. The minimum Gasteiger partial charge on any atom is -0.344 e. The van der Waals surface area contributed by atoms with E-state index in [0.717, 1.165) is 32.2 Å². The number of rotatable bonds is 3. The second-order valence-corrected chi connectivity index (χ2v) is 5.74. The van der Waals surface area contributed by atoms with Crippen molar-refractivity contribution in [2.24, 2.45) is 11.3 Å². The maximum Gasteiger partial charge on any atom is 0.242 e. The predicted octanol–water partition coefficient (Wildman–Crippen LogP) is 2.72. The van der Waals surface area contributed by atoms with E-state index in [0.29, 0.717) is 5.92 Å². The normalized spacial score (nSPS) is 23.5. The van der Waals surface area contributed by atoms with Crippen molar-refractivity contribution in [3.05, 3.63) is 0 Å². The molecule has 94 valence electrons. The van der Waals surface area contributed by atoms with Gasteiger partial charge in [0.05, 0.1) is 6.07 Å². The Morgan fingerprint density at radius 2 is 1.88 bits per heavy atom. The summed E-state index contributed by atoms with van der Waals surface area (Å²) >= 11 is 0. The monoisotopic (exact) mass is 234 g/mol. The van der Waals surface area contributed by atoms with E-state index in [4.69, 9.17) is 0 Å². The summed E-state index contributed by atoms with van der Waals surface area (Å²) in [7, 11) is 1.87. The summed E-state index contributed by atoms with van der Waals surface area (Å²) < 4.78 is 0. The van der Waals surface area contributed by atoms with Gasteiger partial charge in [-0.05, 0) is 31.6 Å². The summed E-state index contributed by atoms with van der Waals surface area (Å²) in [6, 6.07) is 2.34. The summed E-state index contributed by atoms with van der Waals surface area (Å²) in [5.41, 5.74) is -0.708. The summed E-state index contributed by atoms with van der Waals surface area (Å²) in [6.07, 6.45) is 8.41. The molecule has 0 spiro atoms. The first-order valence-corrected chi connectivity index (χ1v) is 6.85. The van der Waals surface area contributed by atoms with E-state index in [1.165, 1.54) is 25.7 Å². The summed E-state index contributed by atoms with van der Waals surface area (Å²) in [4.78, 5) is 14.3. The first-order chi connectivity index (χ1) is 8.18. The fourth-order valence-corrected chi connectivity index (χ4v) is 2.84. The van der Waals surface area contributed by atoms with E-state index in [2.05, 4.69) is 6.07 Å². The molecular formula is C14H22N2O. The topological polar surface area (TPSA) is 44.1 Å². The van der Waals surface area contributed by atoms with Crippen LogP contribution in [0.25, 0.3) is 0 Å². The van der Waals surface area contributed by atoms with Gasteiger partial charge in [-0.25, -0.2) is 0 Å². The lowest BCUT2D eigenvalue weighted by Gasteiger charge is -2.29. The Morgan fingerprint density at radius 3 is 2.35 bits per heavy atom. The maximum atomic E-state index is 12.5. The van der Waals surface area contributed by atoms with Gasteiger partial charge in [0.2, 0.25) is 5.91 Å². The minimum atomic E-state index is -0.708. The van der Waals surface area contributed by atoms with Crippen molar-refractivity contribution in [3.63, 3.8) is 0 Å². The highest BCUT2D eigenvalue weighted by Gasteiger charge is 2.41. The van der Waals surface area contributed by atoms with Crippen LogP contribution in [0.1, 0.15) is 51.4 Å². The Morgan fingerprint density at radius 1 is 1.29 bits per heavy atom. The zero-order valence-electron chi connectivity index (χ0n) is 10.7. The van der Waals surface area contributed by atoms with Crippen molar-refractivity contribution < 1.29 is 4.79 Å². The molecule has 2 aliphatic rings. The Bertz CT molecular complexity index is 320. The third kappa shape index (κ3) is 2.80. The van der Waals surface area contributed by atoms with Crippen molar-refractivity contribution >= 4 is 5.91 Å². The van der Waals surface area contributed by atoms with E-state index < -0.39 is 5.41 Å². The highest BCUT2D eigenvalue weighted by atomic mass is 16.2. The van der Waals surface area contributed by atoms with Gasteiger partial charge in [-0.2, -0.15) is 5.26 Å². The largest absolute Gasteiger partial charge is 0.344 e. The first kappa shape index (κ1) is 12.4. The van der Waals surface area contributed by atoms with Gasteiger partial charge in [0.15, 0.2) is 0 Å². The van der Waals surface area contributed by atoms with Gasteiger partial charge < -0.3 is 4.90 Å². The molecule has 0 bridgehead atoms. The van der Waals surface area contributed by atoms with Crippen molar-refractivity contribution in [1.29, 1.82) is 5.26 Å². The third-order valence-corrected chi connectivity index (χ3v) is 4.16. The molecule has 3 nitrogen and oxygen atoms in total. The number of carbonyl (C=O) groups is 1. The second kappa shape index (κ2) is 5.08. The molecule has 2 aliphatic carbocycles. The van der Waals surface area contributed by atoms with Crippen LogP contribution in [0.2, 0.25) is 0 Å². The molecule has 0 aromatic heterocycles. The van der Waals surface area contributed by atoms with Crippen LogP contribution < -0.4 is 0 Å². The molecule has 3 heteroatoms. The van der Waals surface area contributed by atoms with Crippen LogP contribution in [0.15, 0.2) is 0 Å². The predicted molar refractivity (Wildman–Crippen MR) is 66.1 cm³/mol. The molecule has 0 radical (unpaired) electrons. The van der Waals surface area contributed by atoms with Crippen LogP contribution in [0.5, 0.6) is 0 Å². The first-order valence-electron chi connectivity index (χ1n) is 6.85. The van der Waals surface area contributed by atoms with Crippen molar-refractivity contribution in [3.8, 4) is 6.07 Å². The molecule has 17 heavy (non-hydrogen) atoms. The van der Waals surface area contributed by atoms with Gasteiger partial charge in [-0.3, -0.25) is 4.79 Å². The second-order valence-electron chi connectivity index (χ2n) is 5.74. The van der Waals surface area contributed by atoms with Gasteiger partial charge in [0, 0.05) is 13.6 Å². The smallest absolute Gasteiger partial charge is 0.242 e. The van der Waals surface area contributed by atoms with Crippen LogP contribution in [0, 0.1) is 22.7 Å². The van der Waals surface area contributed by atoms with Crippen molar-refractivity contribution in [2.45, 2.75) is 51.4 Å². The molecule has 1 amide bonds. The Hall–Kier alpha value is -1.04. The average Bonchev–Trinajstić information content (AvgIpc) is 3.14. The highest BCUT2D eigenvalue weighted by Crippen LogP contribution is 2.37. The average molecular weight is 234 g/mol. The van der Waals surface area contributed by atoms with Gasteiger partial charge in [0.1, 0.15) is 5.41 Å². The zero-order valence-corrected chi connectivity index (χ0v) is 10.7. The molecule has 0 aromatic carbocycles. The van der Waals surface area contributed by atoms with Gasteiger partial charge in [-0.1, -0.05) is 25.7 Å². The molecule has 2 fully saturated rings. The third-order valence-electron chi connectivity index (χ3n) is 4.16. The lowest BCUT2D eigenvalue weighted by molar-refractivity contribution is -0.138. The van der Waals surface area contributed by atoms with Crippen molar-refractivity contribution in [2.75, 3.05) is 13.6 Å². The molecule has 0 atom stereocenters. The number of amides is 1. The maximum absolute atomic E-state index is 12.5. The van der Waals surface area contributed by atoms with Crippen LogP contribution >= 0.6 is 0 Å². The van der Waals surface area contributed by atoms with Crippen LogP contribution in [-0.2, 0) is 4.79 Å². The Kier molecular flexibility index (Phi) is 3.71. The lowest BCUT2D eigenvalue weighted by atomic mass is 9.80. The Balaban J connectivity index is 2.04. The molecular weight excluding hydrogens is 212 g/mol. The molecule has 0 heterocycles. The lowest BCUT2D eigenvalue weighted by Crippen LogP contribution is -2.42. The number of hydrogen-bond acceptors (Lipinski definition) is 2. The minimum absolute atomic E-state index is 0.0776. The van der Waals surface area contributed by atoms with Gasteiger partial charge in [-0.15, -0.1) is 0 Å². The summed E-state index contributed by atoms with van der Waals surface area (Å²) in [5, 5.41) is 9.44. The molecule has 0 aliphatic heterocycles. The zero-order chi connectivity index (χ0) is 12.3.